The fourth-order valence-corrected chi connectivity index (χ4v) is 2.85. The average molecular weight is 344 g/mol. The molecule has 1 fully saturated rings. The van der Waals surface area contributed by atoms with Gasteiger partial charge < -0.3 is 15.0 Å². The van der Waals surface area contributed by atoms with Crippen molar-refractivity contribution in [2.45, 2.75) is 45.8 Å². The second-order valence-corrected chi connectivity index (χ2v) is 6.83. The third-order valence-corrected chi connectivity index (χ3v) is 4.13. The van der Waals surface area contributed by atoms with Gasteiger partial charge in [0.2, 0.25) is 5.91 Å². The van der Waals surface area contributed by atoms with Gasteiger partial charge in [-0.3, -0.25) is 4.79 Å². The first-order chi connectivity index (χ1) is 12.0. The molecule has 1 atom stereocenters. The van der Waals surface area contributed by atoms with Crippen LogP contribution in [0.25, 0.3) is 0 Å². The number of carbonyl (C=O) groups excluding carboxylic acids is 2. The van der Waals surface area contributed by atoms with Crippen molar-refractivity contribution < 1.29 is 14.3 Å². The van der Waals surface area contributed by atoms with Crippen LogP contribution in [0.1, 0.15) is 38.7 Å². The summed E-state index contributed by atoms with van der Waals surface area (Å²) in [6.45, 7) is 6.05. The van der Waals surface area contributed by atoms with E-state index in [4.69, 9.17) is 4.74 Å². The Morgan fingerprint density at radius 3 is 2.52 bits per heavy atom. The maximum atomic E-state index is 12.1. The molecule has 5 nitrogen and oxygen atoms in total. The lowest BCUT2D eigenvalue weighted by Crippen LogP contribution is -2.35. The van der Waals surface area contributed by atoms with E-state index in [1.54, 1.807) is 12.2 Å². The second-order valence-electron chi connectivity index (χ2n) is 6.83. The van der Waals surface area contributed by atoms with Gasteiger partial charge in [0.15, 0.2) is 0 Å². The Morgan fingerprint density at radius 1 is 1.20 bits per heavy atom. The largest absolute Gasteiger partial charge is 0.445 e. The van der Waals surface area contributed by atoms with Gasteiger partial charge in [0.05, 0.1) is 6.04 Å². The summed E-state index contributed by atoms with van der Waals surface area (Å²) in [5.41, 5.74) is 0.942. The lowest BCUT2D eigenvalue weighted by Gasteiger charge is -2.18. The number of amides is 2. The number of likely N-dealkylation sites (tertiary alicyclic amines) is 1. The molecule has 1 aromatic rings. The van der Waals surface area contributed by atoms with Crippen molar-refractivity contribution in [3.63, 3.8) is 0 Å². The minimum absolute atomic E-state index is 0.0192. The monoisotopic (exact) mass is 344 g/mol. The van der Waals surface area contributed by atoms with Crippen LogP contribution in [0.4, 0.5) is 4.79 Å². The van der Waals surface area contributed by atoms with Gasteiger partial charge in [0.1, 0.15) is 6.61 Å². The predicted octanol–water partition coefficient (Wildman–Crippen LogP) is 3.51. The Labute approximate surface area is 150 Å². The minimum Gasteiger partial charge on any atom is -0.445 e. The van der Waals surface area contributed by atoms with Gasteiger partial charge in [0, 0.05) is 19.2 Å². The number of hydrogen-bond donors (Lipinski definition) is 1. The molecule has 1 aromatic carbocycles. The van der Waals surface area contributed by atoms with Crippen molar-refractivity contribution in [2.75, 3.05) is 13.1 Å². The first-order valence-corrected chi connectivity index (χ1v) is 8.99. The standard InChI is InChI=1S/C20H28N2O3/c1-16(2)14-18(10-11-19(23)22-12-6-7-13-22)21-20(24)25-15-17-8-4-3-5-9-17/h3-5,8-11,16,18H,6-7,12-15H2,1-2H3,(H,21,24)/b11-10+/t18-/m1/s1. The Morgan fingerprint density at radius 2 is 1.88 bits per heavy atom. The van der Waals surface area contributed by atoms with E-state index >= 15 is 0 Å². The summed E-state index contributed by atoms with van der Waals surface area (Å²) in [4.78, 5) is 26.0. The van der Waals surface area contributed by atoms with Crippen LogP contribution in [0.5, 0.6) is 0 Å². The van der Waals surface area contributed by atoms with Crippen molar-refractivity contribution in [3.8, 4) is 0 Å². The molecule has 0 radical (unpaired) electrons. The summed E-state index contributed by atoms with van der Waals surface area (Å²) in [5.74, 6) is 0.414. The van der Waals surface area contributed by atoms with Crippen LogP contribution in [-0.2, 0) is 16.1 Å². The van der Waals surface area contributed by atoms with Crippen LogP contribution in [0, 0.1) is 5.92 Å². The fourth-order valence-electron chi connectivity index (χ4n) is 2.85. The number of ether oxygens (including phenoxy) is 1. The topological polar surface area (TPSA) is 58.6 Å². The van der Waals surface area contributed by atoms with Gasteiger partial charge in [-0.25, -0.2) is 4.79 Å². The molecular weight excluding hydrogens is 316 g/mol. The van der Waals surface area contributed by atoms with E-state index in [1.807, 2.05) is 35.2 Å². The lowest BCUT2D eigenvalue weighted by molar-refractivity contribution is -0.125. The van der Waals surface area contributed by atoms with Crippen LogP contribution in [0.3, 0.4) is 0 Å². The van der Waals surface area contributed by atoms with E-state index in [1.165, 1.54) is 0 Å². The Kier molecular flexibility index (Phi) is 7.51. The van der Waals surface area contributed by atoms with Gasteiger partial charge >= 0.3 is 6.09 Å². The molecule has 5 heteroatoms. The van der Waals surface area contributed by atoms with E-state index in [2.05, 4.69) is 19.2 Å². The molecule has 25 heavy (non-hydrogen) atoms. The zero-order chi connectivity index (χ0) is 18.1. The molecule has 1 saturated heterocycles. The maximum absolute atomic E-state index is 12.1. The number of nitrogens with zero attached hydrogens (tertiary/aromatic N) is 1. The van der Waals surface area contributed by atoms with Crippen LogP contribution < -0.4 is 5.32 Å². The van der Waals surface area contributed by atoms with Crippen molar-refractivity contribution in [2.24, 2.45) is 5.92 Å². The molecule has 1 aliphatic heterocycles. The highest BCUT2D eigenvalue weighted by Gasteiger charge is 2.17. The summed E-state index contributed by atoms with van der Waals surface area (Å²) in [6.07, 6.45) is 5.79. The summed E-state index contributed by atoms with van der Waals surface area (Å²) in [7, 11) is 0. The van der Waals surface area contributed by atoms with Crippen molar-refractivity contribution >= 4 is 12.0 Å². The summed E-state index contributed by atoms with van der Waals surface area (Å²) in [5, 5.41) is 2.85. The second kappa shape index (κ2) is 9.87. The number of carbonyl (C=O) groups is 2. The Balaban J connectivity index is 1.85. The van der Waals surface area contributed by atoms with E-state index in [9.17, 15) is 9.59 Å². The van der Waals surface area contributed by atoms with E-state index in [0.717, 1.165) is 37.9 Å². The quantitative estimate of drug-likeness (QED) is 0.770. The first-order valence-electron chi connectivity index (χ1n) is 8.99. The molecule has 0 unspecified atom stereocenters. The van der Waals surface area contributed by atoms with Crippen molar-refractivity contribution in [1.29, 1.82) is 0 Å². The molecule has 136 valence electrons. The van der Waals surface area contributed by atoms with Gasteiger partial charge in [-0.2, -0.15) is 0 Å². The van der Waals surface area contributed by atoms with E-state index < -0.39 is 6.09 Å². The summed E-state index contributed by atoms with van der Waals surface area (Å²) in [6, 6.07) is 9.34. The lowest BCUT2D eigenvalue weighted by atomic mass is 10.0. The smallest absolute Gasteiger partial charge is 0.407 e. The zero-order valence-electron chi connectivity index (χ0n) is 15.1. The number of hydrogen-bond acceptors (Lipinski definition) is 3. The minimum atomic E-state index is -0.465. The molecule has 1 heterocycles. The third kappa shape index (κ3) is 6.99. The molecule has 2 rings (SSSR count). The highest BCUT2D eigenvalue weighted by molar-refractivity contribution is 5.88. The number of nitrogens with one attached hydrogen (secondary N) is 1. The van der Waals surface area contributed by atoms with Gasteiger partial charge in [-0.15, -0.1) is 0 Å². The molecule has 1 N–H and O–H groups in total. The number of alkyl carbamates (subject to hydrolysis) is 1. The summed E-state index contributed by atoms with van der Waals surface area (Å²) >= 11 is 0. The van der Waals surface area contributed by atoms with Gasteiger partial charge in [0.25, 0.3) is 0 Å². The zero-order valence-corrected chi connectivity index (χ0v) is 15.1. The highest BCUT2D eigenvalue weighted by atomic mass is 16.5. The van der Waals surface area contributed by atoms with Gasteiger partial charge in [-0.05, 0) is 30.7 Å². The van der Waals surface area contributed by atoms with Gasteiger partial charge in [-0.1, -0.05) is 50.3 Å². The molecule has 0 saturated carbocycles. The van der Waals surface area contributed by atoms with E-state index in [-0.39, 0.29) is 18.6 Å². The molecule has 0 spiro atoms. The van der Waals surface area contributed by atoms with E-state index in [0.29, 0.717) is 5.92 Å². The molecule has 2 amide bonds. The number of rotatable bonds is 7. The summed E-state index contributed by atoms with van der Waals surface area (Å²) < 4.78 is 5.27. The molecular formula is C20H28N2O3. The normalized spacial score (nSPS) is 15.6. The molecule has 0 aromatic heterocycles. The van der Waals surface area contributed by atoms with Crippen LogP contribution in [0.15, 0.2) is 42.5 Å². The highest BCUT2D eigenvalue weighted by Crippen LogP contribution is 2.10. The van der Waals surface area contributed by atoms with Crippen LogP contribution in [-0.4, -0.2) is 36.0 Å². The van der Waals surface area contributed by atoms with Crippen molar-refractivity contribution in [3.05, 3.63) is 48.0 Å². The Bertz CT molecular complexity index is 578. The SMILES string of the molecule is CC(C)C[C@@H](/C=C/C(=O)N1CCCC1)NC(=O)OCc1ccccc1. The third-order valence-electron chi connectivity index (χ3n) is 4.13. The fraction of sp³-hybridized carbons (Fsp3) is 0.500. The first kappa shape index (κ1) is 19.0. The molecule has 0 aliphatic carbocycles. The molecule has 0 bridgehead atoms. The maximum Gasteiger partial charge on any atom is 0.407 e. The van der Waals surface area contributed by atoms with Crippen molar-refractivity contribution in [1.82, 2.24) is 10.2 Å². The molecule has 1 aliphatic rings. The predicted molar refractivity (Wildman–Crippen MR) is 98.0 cm³/mol. The Hall–Kier alpha value is -2.30. The van der Waals surface area contributed by atoms with Crippen LogP contribution in [0.2, 0.25) is 0 Å². The average Bonchev–Trinajstić information content (AvgIpc) is 3.13. The number of benzene rings is 1. The van der Waals surface area contributed by atoms with Crippen LogP contribution >= 0.6 is 0 Å².